The number of benzene rings is 2. The van der Waals surface area contributed by atoms with Gasteiger partial charge in [0.25, 0.3) is 0 Å². The van der Waals surface area contributed by atoms with Gasteiger partial charge in [-0.3, -0.25) is 0 Å². The molecule has 0 aliphatic heterocycles. The van der Waals surface area contributed by atoms with Gasteiger partial charge in [-0.25, -0.2) is 0 Å². The van der Waals surface area contributed by atoms with Crippen molar-refractivity contribution in [3.63, 3.8) is 0 Å². The molecule has 0 aliphatic carbocycles. The summed E-state index contributed by atoms with van der Waals surface area (Å²) in [7, 11) is 0. The molecule has 0 unspecified atom stereocenters. The SMILES string of the molecule is CCNCc1ccc(OCOCc2ccccc2)c(Br)c1. The van der Waals surface area contributed by atoms with Crippen LogP contribution in [0.4, 0.5) is 0 Å². The molecule has 0 amide bonds. The average Bonchev–Trinajstić information content (AvgIpc) is 2.52. The lowest BCUT2D eigenvalue weighted by Gasteiger charge is -2.10. The molecule has 0 saturated carbocycles. The zero-order valence-corrected chi connectivity index (χ0v) is 13.7. The molecular weight excluding hydrogens is 330 g/mol. The molecule has 112 valence electrons. The van der Waals surface area contributed by atoms with Gasteiger partial charge in [-0.05, 0) is 45.7 Å². The molecule has 2 rings (SSSR count). The second kappa shape index (κ2) is 8.82. The van der Waals surface area contributed by atoms with Gasteiger partial charge in [-0.15, -0.1) is 0 Å². The van der Waals surface area contributed by atoms with Gasteiger partial charge in [0.2, 0.25) is 0 Å². The van der Waals surface area contributed by atoms with Crippen LogP contribution in [0.25, 0.3) is 0 Å². The summed E-state index contributed by atoms with van der Waals surface area (Å²) >= 11 is 3.53. The zero-order chi connectivity index (χ0) is 14.9. The van der Waals surface area contributed by atoms with Crippen LogP contribution in [-0.2, 0) is 17.9 Å². The first-order valence-corrected chi connectivity index (χ1v) is 7.82. The largest absolute Gasteiger partial charge is 0.466 e. The number of rotatable bonds is 8. The van der Waals surface area contributed by atoms with E-state index in [9.17, 15) is 0 Å². The van der Waals surface area contributed by atoms with Crippen molar-refractivity contribution in [2.24, 2.45) is 0 Å². The molecule has 0 bridgehead atoms. The zero-order valence-electron chi connectivity index (χ0n) is 12.1. The van der Waals surface area contributed by atoms with E-state index in [0.29, 0.717) is 6.61 Å². The smallest absolute Gasteiger partial charge is 0.189 e. The van der Waals surface area contributed by atoms with Crippen molar-refractivity contribution in [1.82, 2.24) is 5.32 Å². The third kappa shape index (κ3) is 5.50. The minimum Gasteiger partial charge on any atom is -0.466 e. The van der Waals surface area contributed by atoms with Gasteiger partial charge in [0.15, 0.2) is 6.79 Å². The lowest BCUT2D eigenvalue weighted by atomic mass is 10.2. The van der Waals surface area contributed by atoms with Crippen molar-refractivity contribution >= 4 is 15.9 Å². The van der Waals surface area contributed by atoms with E-state index in [2.05, 4.69) is 40.3 Å². The summed E-state index contributed by atoms with van der Waals surface area (Å²) in [5, 5.41) is 3.30. The quantitative estimate of drug-likeness (QED) is 0.574. The van der Waals surface area contributed by atoms with Crippen LogP contribution in [0.15, 0.2) is 53.0 Å². The van der Waals surface area contributed by atoms with E-state index >= 15 is 0 Å². The Morgan fingerprint density at radius 2 is 1.86 bits per heavy atom. The average molecular weight is 350 g/mol. The number of hydrogen-bond donors (Lipinski definition) is 1. The van der Waals surface area contributed by atoms with Crippen molar-refractivity contribution in [1.29, 1.82) is 0 Å². The Bertz CT molecular complexity index is 546. The van der Waals surface area contributed by atoms with Gasteiger partial charge >= 0.3 is 0 Å². The van der Waals surface area contributed by atoms with E-state index in [1.54, 1.807) is 0 Å². The molecular formula is C17H20BrNO2. The molecule has 0 heterocycles. The van der Waals surface area contributed by atoms with Crippen LogP contribution < -0.4 is 10.1 Å². The number of halogens is 1. The number of ether oxygens (including phenoxy) is 2. The van der Waals surface area contributed by atoms with Gasteiger partial charge in [0.05, 0.1) is 11.1 Å². The molecule has 2 aromatic rings. The van der Waals surface area contributed by atoms with E-state index in [4.69, 9.17) is 9.47 Å². The summed E-state index contributed by atoms with van der Waals surface area (Å²) in [6.45, 7) is 4.71. The standard InChI is InChI=1S/C17H20BrNO2/c1-2-19-11-15-8-9-17(16(18)10-15)21-13-20-12-14-6-4-3-5-7-14/h3-10,19H,2,11-13H2,1H3. The van der Waals surface area contributed by atoms with Gasteiger partial charge in [-0.1, -0.05) is 43.3 Å². The predicted molar refractivity (Wildman–Crippen MR) is 88.2 cm³/mol. The molecule has 2 aromatic carbocycles. The minimum atomic E-state index is 0.236. The highest BCUT2D eigenvalue weighted by Crippen LogP contribution is 2.26. The normalized spacial score (nSPS) is 10.6. The second-order valence-electron chi connectivity index (χ2n) is 4.64. The number of hydrogen-bond acceptors (Lipinski definition) is 3. The molecule has 0 saturated heterocycles. The maximum Gasteiger partial charge on any atom is 0.189 e. The monoisotopic (exact) mass is 349 g/mol. The van der Waals surface area contributed by atoms with E-state index < -0.39 is 0 Å². The van der Waals surface area contributed by atoms with E-state index in [1.165, 1.54) is 5.56 Å². The lowest BCUT2D eigenvalue weighted by Crippen LogP contribution is -2.11. The minimum absolute atomic E-state index is 0.236. The van der Waals surface area contributed by atoms with Crippen LogP contribution >= 0.6 is 15.9 Å². The van der Waals surface area contributed by atoms with Crippen LogP contribution in [0.5, 0.6) is 5.75 Å². The molecule has 3 nitrogen and oxygen atoms in total. The summed E-state index contributed by atoms with van der Waals surface area (Å²) < 4.78 is 12.1. The van der Waals surface area contributed by atoms with Crippen molar-refractivity contribution in [3.8, 4) is 5.75 Å². The fourth-order valence-electron chi connectivity index (χ4n) is 1.88. The van der Waals surface area contributed by atoms with Crippen molar-refractivity contribution in [3.05, 3.63) is 64.1 Å². The van der Waals surface area contributed by atoms with E-state index in [0.717, 1.165) is 28.9 Å². The molecule has 4 heteroatoms. The number of nitrogens with one attached hydrogen (secondary N) is 1. The topological polar surface area (TPSA) is 30.5 Å². The Kier molecular flexibility index (Phi) is 6.73. The second-order valence-corrected chi connectivity index (χ2v) is 5.50. The fraction of sp³-hybridized carbons (Fsp3) is 0.294. The summed E-state index contributed by atoms with van der Waals surface area (Å²) in [6.07, 6.45) is 0. The van der Waals surface area contributed by atoms with Gasteiger partial charge in [0, 0.05) is 6.54 Å². The molecule has 0 aliphatic rings. The Labute approximate surface area is 134 Å². The maximum absolute atomic E-state index is 5.63. The summed E-state index contributed by atoms with van der Waals surface area (Å²) in [4.78, 5) is 0. The van der Waals surface area contributed by atoms with Crippen molar-refractivity contribution in [2.45, 2.75) is 20.1 Å². The van der Waals surface area contributed by atoms with E-state index in [1.807, 2.05) is 36.4 Å². The Morgan fingerprint density at radius 3 is 2.57 bits per heavy atom. The van der Waals surface area contributed by atoms with Crippen LogP contribution in [0.3, 0.4) is 0 Å². The first-order chi connectivity index (χ1) is 10.3. The van der Waals surface area contributed by atoms with Gasteiger partial charge in [0.1, 0.15) is 5.75 Å². The summed E-state index contributed by atoms with van der Waals surface area (Å²) in [6, 6.07) is 16.1. The van der Waals surface area contributed by atoms with Crippen LogP contribution in [0, 0.1) is 0 Å². The van der Waals surface area contributed by atoms with Crippen molar-refractivity contribution in [2.75, 3.05) is 13.3 Å². The Balaban J connectivity index is 1.78. The van der Waals surface area contributed by atoms with Crippen LogP contribution in [0.1, 0.15) is 18.1 Å². The first-order valence-electron chi connectivity index (χ1n) is 7.03. The Morgan fingerprint density at radius 1 is 1.05 bits per heavy atom. The third-order valence-electron chi connectivity index (χ3n) is 2.98. The predicted octanol–water partition coefficient (Wildman–Crippen LogP) is 4.11. The van der Waals surface area contributed by atoms with Crippen LogP contribution in [-0.4, -0.2) is 13.3 Å². The molecule has 1 N–H and O–H groups in total. The van der Waals surface area contributed by atoms with Crippen molar-refractivity contribution < 1.29 is 9.47 Å². The molecule has 0 fully saturated rings. The fourth-order valence-corrected chi connectivity index (χ4v) is 2.42. The summed E-state index contributed by atoms with van der Waals surface area (Å²) in [5.74, 6) is 0.795. The third-order valence-corrected chi connectivity index (χ3v) is 3.60. The molecule has 0 radical (unpaired) electrons. The molecule has 21 heavy (non-hydrogen) atoms. The van der Waals surface area contributed by atoms with Gasteiger partial charge < -0.3 is 14.8 Å². The lowest BCUT2D eigenvalue weighted by molar-refractivity contribution is 0.00462. The maximum atomic E-state index is 5.63. The molecule has 0 aromatic heterocycles. The summed E-state index contributed by atoms with van der Waals surface area (Å²) in [5.41, 5.74) is 2.36. The highest BCUT2D eigenvalue weighted by molar-refractivity contribution is 9.10. The Hall–Kier alpha value is -1.36. The highest BCUT2D eigenvalue weighted by Gasteiger charge is 2.03. The molecule has 0 atom stereocenters. The van der Waals surface area contributed by atoms with Gasteiger partial charge in [-0.2, -0.15) is 0 Å². The van der Waals surface area contributed by atoms with Crippen LogP contribution in [0.2, 0.25) is 0 Å². The highest BCUT2D eigenvalue weighted by atomic mass is 79.9. The molecule has 0 spiro atoms. The first kappa shape index (κ1) is 16.0. The van der Waals surface area contributed by atoms with E-state index in [-0.39, 0.29) is 6.79 Å².